The molecule has 0 aromatic heterocycles. The van der Waals surface area contributed by atoms with Crippen LogP contribution >= 0.6 is 0 Å². The highest BCUT2D eigenvalue weighted by atomic mass is 32.2. The van der Waals surface area contributed by atoms with Gasteiger partial charge in [0.2, 0.25) is 0 Å². The number of carbonyl (C=O) groups excluding carboxylic acids is 1. The van der Waals surface area contributed by atoms with E-state index in [1.54, 1.807) is 29.2 Å². The number of halogens is 3. The highest BCUT2D eigenvalue weighted by Crippen LogP contribution is 2.41. The number of sulfone groups is 1. The molecule has 2 aliphatic rings. The minimum absolute atomic E-state index is 0.293. The van der Waals surface area contributed by atoms with E-state index in [0.29, 0.717) is 18.7 Å². The van der Waals surface area contributed by atoms with Gasteiger partial charge in [-0.3, -0.25) is 0 Å². The van der Waals surface area contributed by atoms with Crippen molar-refractivity contribution in [3.05, 3.63) is 53.6 Å². The summed E-state index contributed by atoms with van der Waals surface area (Å²) in [5.74, 6) is -0.503. The van der Waals surface area contributed by atoms with Gasteiger partial charge in [0.15, 0.2) is 9.84 Å². The van der Waals surface area contributed by atoms with Gasteiger partial charge in [-0.2, -0.15) is 13.2 Å². The molecule has 2 aromatic carbocycles. The number of fused-ring (bicyclic) bond motifs is 1. The number of aryl methyl sites for hydroxylation is 1. The predicted molar refractivity (Wildman–Crippen MR) is 139 cm³/mol. The van der Waals surface area contributed by atoms with Crippen LogP contribution in [0.15, 0.2) is 42.5 Å². The van der Waals surface area contributed by atoms with E-state index in [1.165, 1.54) is 0 Å². The van der Waals surface area contributed by atoms with Gasteiger partial charge in [0.25, 0.3) is 0 Å². The average Bonchev–Trinajstić information content (AvgIpc) is 2.82. The molecule has 0 aliphatic carbocycles. The molecule has 208 valence electrons. The second-order valence-corrected chi connectivity index (χ2v) is 13.4. The summed E-state index contributed by atoms with van der Waals surface area (Å²) in [6, 6.07) is 12.8. The molecule has 0 N–H and O–H groups in total. The van der Waals surface area contributed by atoms with Crippen molar-refractivity contribution in [1.82, 2.24) is 4.90 Å². The molecular weight excluding hydrogens is 519 g/mol. The van der Waals surface area contributed by atoms with Gasteiger partial charge in [-0.15, -0.1) is 0 Å². The normalized spacial score (nSPS) is 17.6. The predicted octanol–water partition coefficient (Wildman–Crippen LogP) is 6.32. The summed E-state index contributed by atoms with van der Waals surface area (Å²) in [6.45, 7) is 6.73. The molecule has 2 heterocycles. The van der Waals surface area contributed by atoms with Crippen molar-refractivity contribution in [2.75, 3.05) is 18.8 Å². The maximum absolute atomic E-state index is 12.4. The first kappa shape index (κ1) is 28.3. The number of piperidine rings is 1. The van der Waals surface area contributed by atoms with Crippen molar-refractivity contribution >= 4 is 15.9 Å². The fraction of sp³-hybridized carbons (Fsp3) is 0.536. The molecule has 0 unspecified atom stereocenters. The van der Waals surface area contributed by atoms with Crippen LogP contribution in [-0.4, -0.2) is 55.6 Å². The van der Waals surface area contributed by atoms with Gasteiger partial charge in [-0.25, -0.2) is 13.2 Å². The van der Waals surface area contributed by atoms with Gasteiger partial charge < -0.3 is 14.4 Å². The molecule has 0 saturated carbocycles. The van der Waals surface area contributed by atoms with Crippen molar-refractivity contribution < 1.29 is 35.9 Å². The van der Waals surface area contributed by atoms with Crippen LogP contribution in [-0.2, 0) is 26.7 Å². The Morgan fingerprint density at radius 1 is 1.00 bits per heavy atom. The minimum atomic E-state index is -4.50. The molecule has 1 spiro atoms. The van der Waals surface area contributed by atoms with E-state index < -0.39 is 39.5 Å². The molecule has 6 nitrogen and oxygen atoms in total. The van der Waals surface area contributed by atoms with E-state index >= 15 is 0 Å². The lowest BCUT2D eigenvalue weighted by Gasteiger charge is -2.44. The standard InChI is InChI=1S/C28H34F3NO5S/c1-26(2,3)37-25(33)32-15-12-27(13-16-32)11-10-23-18-22(8-9-24(23)36-27)21-6-4-20(5-7-21)19-38(34,35)17-14-28(29,30)31/h4-9,18H,10-17,19H2,1-3H3. The lowest BCUT2D eigenvalue weighted by atomic mass is 9.82. The number of hydrogen-bond donors (Lipinski definition) is 0. The summed E-state index contributed by atoms with van der Waals surface area (Å²) in [4.78, 5) is 14.1. The Morgan fingerprint density at radius 3 is 2.24 bits per heavy atom. The van der Waals surface area contributed by atoms with Crippen LogP contribution in [0.3, 0.4) is 0 Å². The van der Waals surface area contributed by atoms with Gasteiger partial charge in [0.1, 0.15) is 17.0 Å². The largest absolute Gasteiger partial charge is 0.487 e. The maximum atomic E-state index is 12.4. The van der Waals surface area contributed by atoms with Crippen LogP contribution < -0.4 is 4.74 Å². The molecule has 0 radical (unpaired) electrons. The van der Waals surface area contributed by atoms with E-state index in [1.807, 2.05) is 32.9 Å². The molecular formula is C28H34F3NO5S. The highest BCUT2D eigenvalue weighted by Gasteiger charge is 2.41. The van der Waals surface area contributed by atoms with Crippen LogP contribution in [0.4, 0.5) is 18.0 Å². The number of benzene rings is 2. The Balaban J connectivity index is 1.37. The number of amides is 1. The molecule has 1 saturated heterocycles. The minimum Gasteiger partial charge on any atom is -0.487 e. The average molecular weight is 554 g/mol. The Morgan fingerprint density at radius 2 is 1.63 bits per heavy atom. The van der Waals surface area contributed by atoms with Gasteiger partial charge in [0.05, 0.1) is 17.9 Å². The first-order chi connectivity index (χ1) is 17.6. The number of nitrogens with zero attached hydrogens (tertiary/aromatic N) is 1. The number of alkyl halides is 3. The molecule has 1 fully saturated rings. The third-order valence-electron chi connectivity index (χ3n) is 6.93. The van der Waals surface area contributed by atoms with E-state index in [2.05, 4.69) is 6.07 Å². The molecule has 2 aliphatic heterocycles. The molecule has 2 aromatic rings. The number of ether oxygens (including phenoxy) is 2. The Hall–Kier alpha value is -2.75. The van der Waals surface area contributed by atoms with Gasteiger partial charge in [0, 0.05) is 25.9 Å². The smallest absolute Gasteiger partial charge is 0.410 e. The van der Waals surface area contributed by atoms with Crippen molar-refractivity contribution in [3.8, 4) is 16.9 Å². The molecule has 38 heavy (non-hydrogen) atoms. The molecule has 10 heteroatoms. The zero-order valence-electron chi connectivity index (χ0n) is 21.9. The summed E-state index contributed by atoms with van der Waals surface area (Å²) in [6.07, 6.45) is -2.97. The fourth-order valence-electron chi connectivity index (χ4n) is 4.87. The van der Waals surface area contributed by atoms with E-state index in [9.17, 15) is 26.4 Å². The van der Waals surface area contributed by atoms with E-state index in [4.69, 9.17) is 9.47 Å². The lowest BCUT2D eigenvalue weighted by Crippen LogP contribution is -2.52. The van der Waals surface area contributed by atoms with Gasteiger partial charge in [-0.1, -0.05) is 30.3 Å². The number of hydrogen-bond acceptors (Lipinski definition) is 5. The van der Waals surface area contributed by atoms with Crippen molar-refractivity contribution in [1.29, 1.82) is 0 Å². The zero-order chi connectivity index (χ0) is 27.8. The van der Waals surface area contributed by atoms with Crippen molar-refractivity contribution in [2.45, 2.75) is 76.0 Å². The van der Waals surface area contributed by atoms with Crippen LogP contribution in [0.1, 0.15) is 57.6 Å². The Kier molecular flexibility index (Phi) is 7.76. The summed E-state index contributed by atoms with van der Waals surface area (Å²) < 4.78 is 73.3. The number of rotatable bonds is 5. The molecule has 0 atom stereocenters. The summed E-state index contributed by atoms with van der Waals surface area (Å²) in [5.41, 5.74) is 2.55. The highest BCUT2D eigenvalue weighted by molar-refractivity contribution is 7.90. The first-order valence-electron chi connectivity index (χ1n) is 12.8. The molecule has 1 amide bonds. The third kappa shape index (κ3) is 7.42. The van der Waals surface area contributed by atoms with Crippen LogP contribution in [0.2, 0.25) is 0 Å². The summed E-state index contributed by atoms with van der Waals surface area (Å²) >= 11 is 0. The Labute approximate surface area is 222 Å². The van der Waals surface area contributed by atoms with E-state index in [0.717, 1.165) is 48.1 Å². The van der Waals surface area contributed by atoms with Crippen molar-refractivity contribution in [2.24, 2.45) is 0 Å². The van der Waals surface area contributed by atoms with E-state index in [-0.39, 0.29) is 11.7 Å². The first-order valence-corrected chi connectivity index (χ1v) is 14.6. The number of likely N-dealkylation sites (tertiary alicyclic amines) is 1. The monoisotopic (exact) mass is 553 g/mol. The number of carbonyl (C=O) groups is 1. The maximum Gasteiger partial charge on any atom is 0.410 e. The van der Waals surface area contributed by atoms with Crippen LogP contribution in [0.25, 0.3) is 11.1 Å². The van der Waals surface area contributed by atoms with Crippen LogP contribution in [0.5, 0.6) is 5.75 Å². The SMILES string of the molecule is CC(C)(C)OC(=O)N1CCC2(CCc3cc(-c4ccc(CS(=O)(=O)CCC(F)(F)F)cc4)ccc3O2)CC1. The van der Waals surface area contributed by atoms with Gasteiger partial charge in [-0.05, 0) is 68.0 Å². The third-order valence-corrected chi connectivity index (χ3v) is 8.53. The topological polar surface area (TPSA) is 72.9 Å². The lowest BCUT2D eigenvalue weighted by molar-refractivity contribution is -0.129. The summed E-state index contributed by atoms with van der Waals surface area (Å²) in [5, 5.41) is 0. The molecule has 4 rings (SSSR count). The second kappa shape index (κ2) is 10.4. The zero-order valence-corrected chi connectivity index (χ0v) is 22.8. The van der Waals surface area contributed by atoms with Crippen molar-refractivity contribution in [3.63, 3.8) is 0 Å². The Bertz CT molecular complexity index is 1260. The quantitative estimate of drug-likeness (QED) is 0.434. The fourth-order valence-corrected chi connectivity index (χ4v) is 6.25. The van der Waals surface area contributed by atoms with Crippen LogP contribution in [0, 0.1) is 0 Å². The van der Waals surface area contributed by atoms with Gasteiger partial charge >= 0.3 is 12.3 Å². The second-order valence-electron chi connectivity index (χ2n) is 11.2. The summed E-state index contributed by atoms with van der Waals surface area (Å²) in [7, 11) is -3.85. The molecule has 0 bridgehead atoms.